The number of aliphatic hydroxyl groups is 1. The minimum Gasteiger partial charge on any atom is -0.389 e. The lowest BCUT2D eigenvalue weighted by molar-refractivity contribution is -0.384. The van der Waals surface area contributed by atoms with Crippen LogP contribution in [-0.2, 0) is 4.74 Å². The van der Waals surface area contributed by atoms with Crippen molar-refractivity contribution in [3.63, 3.8) is 0 Å². The average molecular weight is 298 g/mol. The van der Waals surface area contributed by atoms with Gasteiger partial charge in [0, 0.05) is 27.2 Å². The second kappa shape index (κ2) is 8.38. The number of pyridine rings is 1. The number of aromatic nitrogens is 1. The number of likely N-dealkylation sites (N-methyl/N-ethyl adjacent to an activating group) is 1. The summed E-state index contributed by atoms with van der Waals surface area (Å²) < 4.78 is 4.86. The molecule has 0 bridgehead atoms. The van der Waals surface area contributed by atoms with Gasteiger partial charge in [-0.2, -0.15) is 0 Å². The van der Waals surface area contributed by atoms with Crippen LogP contribution < -0.4 is 10.2 Å². The highest BCUT2D eigenvalue weighted by atomic mass is 16.6. The van der Waals surface area contributed by atoms with Crippen molar-refractivity contribution in [3.05, 3.63) is 22.2 Å². The number of methoxy groups -OCH3 is 1. The van der Waals surface area contributed by atoms with Gasteiger partial charge in [-0.25, -0.2) is 4.98 Å². The van der Waals surface area contributed by atoms with Crippen LogP contribution in [0, 0.1) is 10.1 Å². The summed E-state index contributed by atoms with van der Waals surface area (Å²) in [5, 5.41) is 23.7. The van der Waals surface area contributed by atoms with Gasteiger partial charge in [-0.15, -0.1) is 0 Å². The van der Waals surface area contributed by atoms with Crippen LogP contribution in [-0.4, -0.2) is 55.0 Å². The molecule has 2 N–H and O–H groups in total. The average Bonchev–Trinajstić information content (AvgIpc) is 2.44. The van der Waals surface area contributed by atoms with Crippen molar-refractivity contribution < 1.29 is 14.8 Å². The molecule has 21 heavy (non-hydrogen) atoms. The molecule has 0 radical (unpaired) electrons. The summed E-state index contributed by atoms with van der Waals surface area (Å²) in [7, 11) is 3.22. The zero-order valence-corrected chi connectivity index (χ0v) is 12.6. The van der Waals surface area contributed by atoms with Gasteiger partial charge in [0.2, 0.25) is 0 Å². The molecule has 0 saturated heterocycles. The first kappa shape index (κ1) is 17.1. The Labute approximate surface area is 123 Å². The van der Waals surface area contributed by atoms with Gasteiger partial charge in [-0.3, -0.25) is 10.1 Å². The first-order valence-electron chi connectivity index (χ1n) is 6.76. The van der Waals surface area contributed by atoms with E-state index in [1.165, 1.54) is 19.2 Å². The molecule has 0 amide bonds. The fourth-order valence-electron chi connectivity index (χ4n) is 1.80. The number of hydrogen-bond acceptors (Lipinski definition) is 7. The Morgan fingerprint density at radius 3 is 2.86 bits per heavy atom. The normalized spacial score (nSPS) is 12.0. The molecule has 0 aliphatic rings. The molecule has 0 aromatic carbocycles. The predicted molar refractivity (Wildman–Crippen MR) is 80.8 cm³/mol. The Bertz CT molecular complexity index is 469. The Kier molecular flexibility index (Phi) is 6.83. The Balaban J connectivity index is 2.92. The Hall–Kier alpha value is -1.93. The lowest BCUT2D eigenvalue weighted by Gasteiger charge is -2.21. The van der Waals surface area contributed by atoms with Crippen LogP contribution in [0.5, 0.6) is 0 Å². The quantitative estimate of drug-likeness (QED) is 0.522. The summed E-state index contributed by atoms with van der Waals surface area (Å²) in [5.74, 6) is 0.882. The molecule has 1 rings (SSSR count). The summed E-state index contributed by atoms with van der Waals surface area (Å²) in [5.41, 5.74) is -0.0355. The summed E-state index contributed by atoms with van der Waals surface area (Å²) in [6.45, 7) is 3.15. The van der Waals surface area contributed by atoms with Crippen LogP contribution in [0.25, 0.3) is 0 Å². The largest absolute Gasteiger partial charge is 0.389 e. The van der Waals surface area contributed by atoms with Crippen molar-refractivity contribution in [2.24, 2.45) is 0 Å². The molecule has 1 aromatic heterocycles. The first-order chi connectivity index (χ1) is 9.97. The Morgan fingerprint density at radius 1 is 1.57 bits per heavy atom. The molecule has 0 saturated carbocycles. The smallest absolute Gasteiger partial charge is 0.276 e. The van der Waals surface area contributed by atoms with Crippen molar-refractivity contribution in [2.75, 3.05) is 44.1 Å². The lowest BCUT2D eigenvalue weighted by Crippen LogP contribution is -2.32. The molecule has 0 aliphatic heterocycles. The van der Waals surface area contributed by atoms with E-state index >= 15 is 0 Å². The van der Waals surface area contributed by atoms with Gasteiger partial charge in [0.15, 0.2) is 0 Å². The van der Waals surface area contributed by atoms with Crippen LogP contribution in [0.15, 0.2) is 12.1 Å². The van der Waals surface area contributed by atoms with E-state index < -0.39 is 11.0 Å². The highest BCUT2D eigenvalue weighted by Gasteiger charge is 2.15. The van der Waals surface area contributed by atoms with E-state index in [0.717, 1.165) is 6.42 Å². The molecular formula is C13H22N4O4. The lowest BCUT2D eigenvalue weighted by atomic mass is 10.3. The molecule has 8 nitrogen and oxygen atoms in total. The van der Waals surface area contributed by atoms with Crippen molar-refractivity contribution in [1.82, 2.24) is 4.98 Å². The minimum atomic E-state index is -0.687. The van der Waals surface area contributed by atoms with Gasteiger partial charge < -0.3 is 20.1 Å². The van der Waals surface area contributed by atoms with E-state index in [1.807, 2.05) is 6.92 Å². The molecule has 1 unspecified atom stereocenters. The topological polar surface area (TPSA) is 101 Å². The van der Waals surface area contributed by atoms with Crippen LogP contribution in [0.4, 0.5) is 17.3 Å². The molecule has 1 heterocycles. The highest BCUT2D eigenvalue weighted by molar-refractivity contribution is 5.55. The number of nitrogens with one attached hydrogen (secondary N) is 1. The van der Waals surface area contributed by atoms with Crippen molar-refractivity contribution in [3.8, 4) is 0 Å². The van der Waals surface area contributed by atoms with E-state index in [9.17, 15) is 15.2 Å². The van der Waals surface area contributed by atoms with Gasteiger partial charge in [0.25, 0.3) is 5.69 Å². The first-order valence-corrected chi connectivity index (χ1v) is 6.76. The van der Waals surface area contributed by atoms with Crippen molar-refractivity contribution >= 4 is 17.3 Å². The van der Waals surface area contributed by atoms with E-state index in [2.05, 4.69) is 10.3 Å². The molecule has 0 aliphatic carbocycles. The number of anilines is 2. The second-order valence-corrected chi connectivity index (χ2v) is 4.74. The third-order valence-electron chi connectivity index (χ3n) is 2.80. The summed E-state index contributed by atoms with van der Waals surface area (Å²) in [6, 6.07) is 2.79. The summed E-state index contributed by atoms with van der Waals surface area (Å²) >= 11 is 0. The standard InChI is InChI=1S/C13H22N4O4/c1-4-5-14-12-6-10(17(19)20)7-13(15-12)16(2)8-11(18)9-21-3/h6-7,11,18H,4-5,8-9H2,1-3H3,(H,14,15). The monoisotopic (exact) mass is 298 g/mol. The summed E-state index contributed by atoms with van der Waals surface area (Å²) in [6.07, 6.45) is 0.204. The van der Waals surface area contributed by atoms with Crippen LogP contribution in [0.3, 0.4) is 0 Å². The van der Waals surface area contributed by atoms with E-state index in [-0.39, 0.29) is 18.8 Å². The number of rotatable bonds is 9. The van der Waals surface area contributed by atoms with Gasteiger partial charge in [-0.05, 0) is 6.42 Å². The van der Waals surface area contributed by atoms with Gasteiger partial charge in [-0.1, -0.05) is 6.92 Å². The van der Waals surface area contributed by atoms with Crippen LogP contribution in [0.1, 0.15) is 13.3 Å². The molecule has 8 heteroatoms. The fourth-order valence-corrected chi connectivity index (χ4v) is 1.80. The number of aliphatic hydroxyl groups excluding tert-OH is 1. The Morgan fingerprint density at radius 2 is 2.29 bits per heavy atom. The molecule has 0 spiro atoms. The van der Waals surface area contributed by atoms with E-state index in [4.69, 9.17) is 4.74 Å². The minimum absolute atomic E-state index is 0.0355. The van der Waals surface area contributed by atoms with Crippen LogP contribution in [0.2, 0.25) is 0 Å². The number of nitrogens with zero attached hydrogens (tertiary/aromatic N) is 3. The molecule has 1 atom stereocenters. The zero-order chi connectivity index (χ0) is 15.8. The molecular weight excluding hydrogens is 276 g/mol. The number of ether oxygens (including phenoxy) is 1. The predicted octanol–water partition coefficient (Wildman–Crippen LogP) is 1.26. The second-order valence-electron chi connectivity index (χ2n) is 4.74. The maximum absolute atomic E-state index is 11.0. The number of hydrogen-bond donors (Lipinski definition) is 2. The molecule has 118 valence electrons. The fraction of sp³-hybridized carbons (Fsp3) is 0.615. The van der Waals surface area contributed by atoms with E-state index in [1.54, 1.807) is 11.9 Å². The molecule has 1 aromatic rings. The maximum atomic E-state index is 11.0. The van der Waals surface area contributed by atoms with Crippen molar-refractivity contribution in [2.45, 2.75) is 19.4 Å². The number of nitro groups is 1. The van der Waals surface area contributed by atoms with Crippen LogP contribution >= 0.6 is 0 Å². The molecule has 0 fully saturated rings. The maximum Gasteiger partial charge on any atom is 0.276 e. The van der Waals surface area contributed by atoms with Gasteiger partial charge >= 0.3 is 0 Å². The highest BCUT2D eigenvalue weighted by Crippen LogP contribution is 2.22. The van der Waals surface area contributed by atoms with E-state index in [0.29, 0.717) is 18.2 Å². The third kappa shape index (κ3) is 5.52. The SMILES string of the molecule is CCCNc1cc([N+](=O)[O-])cc(N(C)CC(O)COC)n1. The van der Waals surface area contributed by atoms with Gasteiger partial charge in [0.05, 0.1) is 29.8 Å². The zero-order valence-electron chi connectivity index (χ0n) is 12.6. The summed E-state index contributed by atoms with van der Waals surface area (Å²) in [4.78, 5) is 16.5. The van der Waals surface area contributed by atoms with Gasteiger partial charge in [0.1, 0.15) is 11.6 Å². The third-order valence-corrected chi connectivity index (χ3v) is 2.80. The van der Waals surface area contributed by atoms with Crippen molar-refractivity contribution in [1.29, 1.82) is 0 Å².